The minimum Gasteiger partial charge on any atom is -0.466 e. The molecule has 190 valence electrons. The number of rotatable bonds is 6. The van der Waals surface area contributed by atoms with Gasteiger partial charge in [-0.3, -0.25) is 29.0 Å². The summed E-state index contributed by atoms with van der Waals surface area (Å²) in [6, 6.07) is 6.46. The lowest BCUT2D eigenvalue weighted by atomic mass is 9.92. The number of esters is 1. The number of anilines is 4. The molecule has 2 unspecified atom stereocenters. The van der Waals surface area contributed by atoms with Crippen LogP contribution < -0.4 is 26.4 Å². The highest BCUT2D eigenvalue weighted by Crippen LogP contribution is 2.31. The Labute approximate surface area is 206 Å². The van der Waals surface area contributed by atoms with Gasteiger partial charge in [-0.25, -0.2) is 0 Å². The van der Waals surface area contributed by atoms with Crippen molar-refractivity contribution in [2.75, 3.05) is 40.5 Å². The average molecular weight is 497 g/mol. The van der Waals surface area contributed by atoms with E-state index in [0.29, 0.717) is 37.3 Å². The molecule has 12 heteroatoms. The molecule has 4 rings (SSSR count). The van der Waals surface area contributed by atoms with E-state index in [9.17, 15) is 24.0 Å². The highest BCUT2D eigenvalue weighted by molar-refractivity contribution is 6.04. The van der Waals surface area contributed by atoms with Crippen LogP contribution in [-0.2, 0) is 23.9 Å². The Morgan fingerprint density at radius 1 is 1.14 bits per heavy atom. The monoisotopic (exact) mass is 496 g/mol. The normalized spacial score (nSPS) is 19.1. The lowest BCUT2D eigenvalue weighted by Gasteiger charge is -2.32. The van der Waals surface area contributed by atoms with E-state index in [4.69, 9.17) is 4.74 Å². The van der Waals surface area contributed by atoms with Crippen molar-refractivity contribution in [3.8, 4) is 0 Å². The molecule has 0 radical (unpaired) electrons. The second-order valence-electron chi connectivity index (χ2n) is 8.74. The summed E-state index contributed by atoms with van der Waals surface area (Å²) < 4.78 is 5.13. The maximum atomic E-state index is 13.1. The maximum Gasteiger partial charge on any atom is 0.310 e. The number of piperidine rings is 1. The van der Waals surface area contributed by atoms with Crippen LogP contribution in [0.3, 0.4) is 0 Å². The summed E-state index contributed by atoms with van der Waals surface area (Å²) in [5.41, 5.74) is 0.555. The second kappa shape index (κ2) is 10.6. The molecule has 1 fully saturated rings. The van der Waals surface area contributed by atoms with Crippen LogP contribution in [0.5, 0.6) is 0 Å². The van der Waals surface area contributed by atoms with E-state index in [-0.39, 0.29) is 48.2 Å². The van der Waals surface area contributed by atoms with Crippen molar-refractivity contribution in [3.63, 3.8) is 0 Å². The van der Waals surface area contributed by atoms with Crippen molar-refractivity contribution >= 4 is 46.8 Å². The van der Waals surface area contributed by atoms with Crippen LogP contribution in [0.15, 0.2) is 29.1 Å². The molecule has 0 saturated carbocycles. The van der Waals surface area contributed by atoms with Crippen molar-refractivity contribution < 1.29 is 23.9 Å². The summed E-state index contributed by atoms with van der Waals surface area (Å²) in [5, 5.41) is 7.95. The predicted octanol–water partition coefficient (Wildman–Crippen LogP) is 1.57. The average Bonchev–Trinajstić information content (AvgIpc) is 2.84. The number of amides is 3. The minimum atomic E-state index is -1.04. The van der Waals surface area contributed by atoms with E-state index < -0.39 is 23.3 Å². The highest BCUT2D eigenvalue weighted by atomic mass is 16.5. The molecule has 1 saturated heterocycles. The van der Waals surface area contributed by atoms with Gasteiger partial charge in [-0.15, -0.1) is 0 Å². The molecule has 36 heavy (non-hydrogen) atoms. The first kappa shape index (κ1) is 24.9. The van der Waals surface area contributed by atoms with Crippen molar-refractivity contribution in [1.29, 1.82) is 0 Å². The third kappa shape index (κ3) is 5.53. The van der Waals surface area contributed by atoms with Crippen molar-refractivity contribution in [2.24, 2.45) is 5.92 Å². The Hall–Kier alpha value is -4.22. The van der Waals surface area contributed by atoms with Gasteiger partial charge in [0.1, 0.15) is 5.82 Å². The summed E-state index contributed by atoms with van der Waals surface area (Å²) in [6.45, 7) is 4.33. The van der Waals surface area contributed by atoms with E-state index in [1.807, 2.05) is 0 Å². The Morgan fingerprint density at radius 3 is 2.50 bits per heavy atom. The third-order valence-corrected chi connectivity index (χ3v) is 6.07. The van der Waals surface area contributed by atoms with E-state index in [1.165, 1.54) is 6.92 Å². The zero-order chi connectivity index (χ0) is 25.8. The molecule has 3 heterocycles. The number of aromatic nitrogens is 2. The van der Waals surface area contributed by atoms with Crippen LogP contribution in [0.2, 0.25) is 0 Å². The topological polar surface area (TPSA) is 163 Å². The number of H-pyrrole nitrogens is 1. The number of nitrogens with zero attached hydrogens (tertiary/aromatic N) is 2. The third-order valence-electron chi connectivity index (χ3n) is 6.07. The van der Waals surface area contributed by atoms with Gasteiger partial charge in [-0.2, -0.15) is 4.98 Å². The van der Waals surface area contributed by atoms with Gasteiger partial charge >= 0.3 is 5.97 Å². The van der Waals surface area contributed by atoms with E-state index >= 15 is 0 Å². The summed E-state index contributed by atoms with van der Waals surface area (Å²) in [7, 11) is 0. The van der Waals surface area contributed by atoms with Crippen LogP contribution in [0.4, 0.5) is 23.1 Å². The molecule has 1 aromatic heterocycles. The zero-order valence-corrected chi connectivity index (χ0v) is 20.1. The van der Waals surface area contributed by atoms with Crippen molar-refractivity contribution in [3.05, 3.63) is 40.2 Å². The fourth-order valence-corrected chi connectivity index (χ4v) is 4.42. The molecular formula is C24H28N6O6. The number of nitrogens with one attached hydrogen (secondary N) is 4. The van der Waals surface area contributed by atoms with E-state index in [2.05, 4.69) is 25.9 Å². The van der Waals surface area contributed by atoms with Gasteiger partial charge in [-0.05, 0) is 44.0 Å². The van der Waals surface area contributed by atoms with Crippen LogP contribution >= 0.6 is 0 Å². The summed E-state index contributed by atoms with van der Waals surface area (Å²) in [5.74, 6) is -2.60. The highest BCUT2D eigenvalue weighted by Gasteiger charge is 2.36. The van der Waals surface area contributed by atoms with Gasteiger partial charge in [0.15, 0.2) is 0 Å². The van der Waals surface area contributed by atoms with Crippen molar-refractivity contribution in [2.45, 2.75) is 39.0 Å². The molecule has 0 spiro atoms. The number of hydrogen-bond acceptors (Lipinski definition) is 8. The van der Waals surface area contributed by atoms with Gasteiger partial charge in [0.25, 0.3) is 5.56 Å². The van der Waals surface area contributed by atoms with Crippen LogP contribution in [0.1, 0.15) is 44.6 Å². The standard InChI is InChI=1S/C24H28N6O6/c1-3-36-23(35)14-5-4-10-30(12-14)24-28-20-19(22(34)29-24)17(11-18(32)27-20)21(33)26-16-8-6-15(7-9-16)25-13(2)31/h6-9,14,17H,3-5,10-12H2,1-2H3,(H,25,31)(H,26,33)(H2,27,28,29,32,34). The van der Waals surface area contributed by atoms with Gasteiger partial charge in [-0.1, -0.05) is 0 Å². The number of ether oxygens (including phenoxy) is 1. The van der Waals surface area contributed by atoms with Gasteiger partial charge in [0.2, 0.25) is 23.7 Å². The molecule has 3 amide bonds. The number of fused-ring (bicyclic) bond motifs is 1. The molecule has 0 bridgehead atoms. The molecule has 12 nitrogen and oxygen atoms in total. The van der Waals surface area contributed by atoms with Crippen molar-refractivity contribution in [1.82, 2.24) is 9.97 Å². The first-order chi connectivity index (χ1) is 17.2. The number of carbonyl (C=O) groups excluding carboxylic acids is 4. The molecule has 2 aromatic rings. The molecule has 4 N–H and O–H groups in total. The quantitative estimate of drug-likeness (QED) is 0.438. The summed E-state index contributed by atoms with van der Waals surface area (Å²) in [4.78, 5) is 70.8. The molecule has 1 aromatic carbocycles. The first-order valence-corrected chi connectivity index (χ1v) is 11.8. The summed E-state index contributed by atoms with van der Waals surface area (Å²) in [6.07, 6.45) is 1.18. The summed E-state index contributed by atoms with van der Waals surface area (Å²) >= 11 is 0. The van der Waals surface area contributed by atoms with Gasteiger partial charge in [0.05, 0.1) is 24.0 Å². The lowest BCUT2D eigenvalue weighted by Crippen LogP contribution is -2.42. The van der Waals surface area contributed by atoms with Gasteiger partial charge < -0.3 is 25.6 Å². The second-order valence-corrected chi connectivity index (χ2v) is 8.74. The number of hydrogen-bond donors (Lipinski definition) is 4. The Morgan fingerprint density at radius 2 is 1.83 bits per heavy atom. The molecular weight excluding hydrogens is 468 g/mol. The zero-order valence-electron chi connectivity index (χ0n) is 20.1. The molecule has 2 aliphatic rings. The smallest absolute Gasteiger partial charge is 0.310 e. The first-order valence-electron chi connectivity index (χ1n) is 11.8. The minimum absolute atomic E-state index is 0.0319. The lowest BCUT2D eigenvalue weighted by molar-refractivity contribution is -0.148. The molecule has 2 atom stereocenters. The number of aromatic amines is 1. The van der Waals surface area contributed by atoms with Crippen LogP contribution in [-0.4, -0.2) is 53.4 Å². The fraction of sp³-hybridized carbons (Fsp3) is 0.417. The van der Waals surface area contributed by atoms with E-state index in [1.54, 1.807) is 36.1 Å². The Balaban J connectivity index is 1.54. The largest absolute Gasteiger partial charge is 0.466 e. The number of benzene rings is 1. The molecule has 2 aliphatic heterocycles. The van der Waals surface area contributed by atoms with E-state index in [0.717, 1.165) is 0 Å². The van der Waals surface area contributed by atoms with Gasteiger partial charge in [0, 0.05) is 37.8 Å². The Kier molecular flexibility index (Phi) is 7.32. The SMILES string of the molecule is CCOC(=O)C1CCCN(c2nc3c(c(=O)[nH]2)C(C(=O)Nc2ccc(NC(C)=O)cc2)CC(=O)N3)C1. The Bertz CT molecular complexity index is 1240. The maximum absolute atomic E-state index is 13.1. The predicted molar refractivity (Wildman–Crippen MR) is 132 cm³/mol. The van der Waals surface area contributed by atoms with Crippen LogP contribution in [0, 0.1) is 5.92 Å². The molecule has 0 aliphatic carbocycles. The fourth-order valence-electron chi connectivity index (χ4n) is 4.42. The number of carbonyl (C=O) groups is 4. The van der Waals surface area contributed by atoms with Crippen LogP contribution in [0.25, 0.3) is 0 Å².